The number of nitrogens with one attached hydrogen (secondary N) is 1. The monoisotopic (exact) mass is 318 g/mol. The van der Waals surface area contributed by atoms with Crippen molar-refractivity contribution in [3.05, 3.63) is 39.7 Å². The Kier molecular flexibility index (Phi) is 3.32. The van der Waals surface area contributed by atoms with Crippen LogP contribution >= 0.6 is 0 Å². The average Bonchev–Trinajstić information content (AvgIpc) is 2.59. The molecule has 4 rings (SSSR count). The van der Waals surface area contributed by atoms with Crippen molar-refractivity contribution in [1.29, 1.82) is 10.5 Å². The second kappa shape index (κ2) is 5.39. The van der Waals surface area contributed by atoms with Gasteiger partial charge in [-0.1, -0.05) is 6.42 Å². The third kappa shape index (κ3) is 2.17. The number of hydrogen-bond donors (Lipinski definition) is 1. The van der Waals surface area contributed by atoms with Gasteiger partial charge in [0.1, 0.15) is 11.6 Å². The SMILES string of the molecule is N#Cc1ccc2[nH]c(=O)c(C#N)c(N3CCC4(CCC4)CC3)c2c1. The summed E-state index contributed by atoms with van der Waals surface area (Å²) in [7, 11) is 0. The van der Waals surface area contributed by atoms with Crippen molar-refractivity contribution in [2.24, 2.45) is 5.41 Å². The summed E-state index contributed by atoms with van der Waals surface area (Å²) in [5.41, 5.74) is 2.21. The molecule has 0 atom stereocenters. The van der Waals surface area contributed by atoms with Gasteiger partial charge in [0.15, 0.2) is 0 Å². The summed E-state index contributed by atoms with van der Waals surface area (Å²) in [6.07, 6.45) is 6.17. The van der Waals surface area contributed by atoms with Crippen LogP contribution in [0.3, 0.4) is 0 Å². The molecule has 1 aromatic carbocycles. The molecule has 0 radical (unpaired) electrons. The third-order valence-corrected chi connectivity index (χ3v) is 5.78. The van der Waals surface area contributed by atoms with E-state index in [2.05, 4.69) is 22.0 Å². The van der Waals surface area contributed by atoms with Crippen LogP contribution in [-0.4, -0.2) is 18.1 Å². The van der Waals surface area contributed by atoms with Crippen LogP contribution in [0.5, 0.6) is 0 Å². The molecule has 5 nitrogen and oxygen atoms in total. The highest BCUT2D eigenvalue weighted by Crippen LogP contribution is 2.49. The first-order chi connectivity index (χ1) is 11.7. The second-order valence-electron chi connectivity index (χ2n) is 7.00. The minimum Gasteiger partial charge on any atom is -0.370 e. The van der Waals surface area contributed by atoms with Crippen LogP contribution in [0.25, 0.3) is 10.9 Å². The molecule has 0 bridgehead atoms. The minimum absolute atomic E-state index is 0.155. The highest BCUT2D eigenvalue weighted by molar-refractivity contribution is 5.95. The first-order valence-corrected chi connectivity index (χ1v) is 8.41. The molecule has 2 fully saturated rings. The van der Waals surface area contributed by atoms with Crippen LogP contribution < -0.4 is 10.5 Å². The maximum atomic E-state index is 12.3. The van der Waals surface area contributed by atoms with Gasteiger partial charge in [0.25, 0.3) is 5.56 Å². The summed E-state index contributed by atoms with van der Waals surface area (Å²) < 4.78 is 0. The first-order valence-electron chi connectivity index (χ1n) is 8.41. The van der Waals surface area contributed by atoms with E-state index in [9.17, 15) is 15.3 Å². The number of nitrogens with zero attached hydrogens (tertiary/aromatic N) is 3. The van der Waals surface area contributed by atoms with Gasteiger partial charge in [-0.2, -0.15) is 10.5 Å². The topological polar surface area (TPSA) is 83.7 Å². The fraction of sp³-hybridized carbons (Fsp3) is 0.421. The normalized spacial score (nSPS) is 18.8. The van der Waals surface area contributed by atoms with Crippen LogP contribution in [0.4, 0.5) is 5.69 Å². The van der Waals surface area contributed by atoms with Crippen LogP contribution in [0.2, 0.25) is 0 Å². The number of anilines is 1. The van der Waals surface area contributed by atoms with Gasteiger partial charge in [0.2, 0.25) is 0 Å². The summed E-state index contributed by atoms with van der Waals surface area (Å²) in [5, 5.41) is 19.5. The Hall–Kier alpha value is -2.79. The number of piperidine rings is 1. The van der Waals surface area contributed by atoms with Gasteiger partial charge in [-0.3, -0.25) is 4.79 Å². The van der Waals surface area contributed by atoms with E-state index < -0.39 is 0 Å². The van der Waals surface area contributed by atoms with Gasteiger partial charge in [-0.05, 0) is 49.3 Å². The number of hydrogen-bond acceptors (Lipinski definition) is 4. The molecule has 1 saturated heterocycles. The molecule has 1 spiro atoms. The largest absolute Gasteiger partial charge is 0.370 e. The molecule has 2 aliphatic rings. The van der Waals surface area contributed by atoms with Gasteiger partial charge in [0, 0.05) is 18.5 Å². The third-order valence-electron chi connectivity index (χ3n) is 5.78. The van der Waals surface area contributed by atoms with Crippen molar-refractivity contribution < 1.29 is 0 Å². The Morgan fingerprint density at radius 3 is 2.42 bits per heavy atom. The molecule has 2 heterocycles. The fourth-order valence-corrected chi connectivity index (χ4v) is 4.16. The van der Waals surface area contributed by atoms with E-state index in [-0.39, 0.29) is 11.1 Å². The molecule has 2 aromatic rings. The van der Waals surface area contributed by atoms with E-state index in [1.807, 2.05) is 0 Å². The Balaban J connectivity index is 1.85. The zero-order chi connectivity index (χ0) is 16.7. The molecular weight excluding hydrogens is 300 g/mol. The summed E-state index contributed by atoms with van der Waals surface area (Å²) in [6, 6.07) is 9.42. The maximum absolute atomic E-state index is 12.3. The lowest BCUT2D eigenvalue weighted by Crippen LogP contribution is -2.44. The van der Waals surface area contributed by atoms with Gasteiger partial charge in [-0.15, -0.1) is 0 Å². The van der Waals surface area contributed by atoms with Crippen LogP contribution in [-0.2, 0) is 0 Å². The Morgan fingerprint density at radius 1 is 1.08 bits per heavy atom. The number of pyridine rings is 1. The molecule has 24 heavy (non-hydrogen) atoms. The molecule has 1 saturated carbocycles. The van der Waals surface area contributed by atoms with E-state index in [4.69, 9.17) is 0 Å². The second-order valence-corrected chi connectivity index (χ2v) is 7.00. The number of H-pyrrole nitrogens is 1. The van der Waals surface area contributed by atoms with E-state index in [0.717, 1.165) is 31.3 Å². The molecule has 1 aliphatic heterocycles. The van der Waals surface area contributed by atoms with Gasteiger partial charge in [-0.25, -0.2) is 0 Å². The minimum atomic E-state index is -0.353. The van der Waals surface area contributed by atoms with Gasteiger partial charge >= 0.3 is 0 Å². The number of fused-ring (bicyclic) bond motifs is 1. The van der Waals surface area contributed by atoms with E-state index >= 15 is 0 Å². The van der Waals surface area contributed by atoms with Crippen molar-refractivity contribution in [2.75, 3.05) is 18.0 Å². The van der Waals surface area contributed by atoms with Gasteiger partial charge < -0.3 is 9.88 Å². The Morgan fingerprint density at radius 2 is 1.83 bits per heavy atom. The van der Waals surface area contributed by atoms with Crippen molar-refractivity contribution >= 4 is 16.6 Å². The van der Waals surface area contributed by atoms with Crippen LogP contribution in [0.1, 0.15) is 43.2 Å². The lowest BCUT2D eigenvalue weighted by Gasteiger charge is -2.48. The quantitative estimate of drug-likeness (QED) is 0.876. The first kappa shape index (κ1) is 14.8. The van der Waals surface area contributed by atoms with E-state index in [0.29, 0.717) is 22.2 Å². The Bertz CT molecular complexity index is 946. The molecule has 1 aliphatic carbocycles. The van der Waals surface area contributed by atoms with Crippen molar-refractivity contribution in [1.82, 2.24) is 4.98 Å². The smallest absolute Gasteiger partial charge is 0.268 e. The summed E-state index contributed by atoms with van der Waals surface area (Å²) in [4.78, 5) is 17.2. The fourth-order valence-electron chi connectivity index (χ4n) is 4.16. The molecular formula is C19H18N4O. The molecule has 0 unspecified atom stereocenters. The number of aromatic nitrogens is 1. The standard InChI is InChI=1S/C19H18N4O/c20-11-13-2-3-16-14(10-13)17(15(12-21)18(24)22-16)23-8-6-19(7-9-23)4-1-5-19/h2-3,10H,1,4-9H2,(H,22,24). The van der Waals surface area contributed by atoms with Crippen LogP contribution in [0, 0.1) is 28.1 Å². The molecule has 1 aromatic heterocycles. The van der Waals surface area contributed by atoms with E-state index in [1.165, 1.54) is 19.3 Å². The lowest BCUT2D eigenvalue weighted by molar-refractivity contribution is 0.0956. The summed E-state index contributed by atoms with van der Waals surface area (Å²) in [6.45, 7) is 1.73. The highest BCUT2D eigenvalue weighted by atomic mass is 16.1. The summed E-state index contributed by atoms with van der Waals surface area (Å²) in [5.74, 6) is 0. The molecule has 5 heteroatoms. The van der Waals surface area contributed by atoms with Crippen LogP contribution in [0.15, 0.2) is 23.0 Å². The van der Waals surface area contributed by atoms with Gasteiger partial charge in [0.05, 0.1) is 22.8 Å². The lowest BCUT2D eigenvalue weighted by atomic mass is 9.63. The molecule has 120 valence electrons. The predicted octanol–water partition coefficient (Wildman–Crippen LogP) is 3.04. The number of rotatable bonds is 1. The van der Waals surface area contributed by atoms with Crippen molar-refractivity contribution in [2.45, 2.75) is 32.1 Å². The zero-order valence-electron chi connectivity index (χ0n) is 13.4. The molecule has 0 amide bonds. The van der Waals surface area contributed by atoms with Crippen molar-refractivity contribution in [3.8, 4) is 12.1 Å². The number of benzene rings is 1. The number of nitriles is 2. The van der Waals surface area contributed by atoms with E-state index in [1.54, 1.807) is 18.2 Å². The van der Waals surface area contributed by atoms with Crippen molar-refractivity contribution in [3.63, 3.8) is 0 Å². The average molecular weight is 318 g/mol. The summed E-state index contributed by atoms with van der Waals surface area (Å²) >= 11 is 0. The molecule has 1 N–H and O–H groups in total. The predicted molar refractivity (Wildman–Crippen MR) is 91.7 cm³/mol. The zero-order valence-corrected chi connectivity index (χ0v) is 13.4. The maximum Gasteiger partial charge on any atom is 0.268 e. The number of aromatic amines is 1. The Labute approximate surface area is 140 Å². The highest BCUT2D eigenvalue weighted by Gasteiger charge is 2.40.